The first-order valence-corrected chi connectivity index (χ1v) is 8.74. The average molecular weight is 369 g/mol. The van der Waals surface area contributed by atoms with Gasteiger partial charge in [0.15, 0.2) is 0 Å². The smallest absolute Gasteiger partial charge is 0.135 e. The summed E-state index contributed by atoms with van der Waals surface area (Å²) in [5.74, 6) is 2.35. The molecule has 0 fully saturated rings. The Labute approximate surface area is 158 Å². The van der Waals surface area contributed by atoms with Crippen molar-refractivity contribution in [3.05, 3.63) is 71.0 Å². The lowest BCUT2D eigenvalue weighted by Crippen LogP contribution is -2.07. The number of halogens is 1. The number of nitrogens with zero attached hydrogens (tertiary/aromatic N) is 2. The van der Waals surface area contributed by atoms with E-state index in [2.05, 4.69) is 32.7 Å². The van der Waals surface area contributed by atoms with Gasteiger partial charge in [-0.1, -0.05) is 29.8 Å². The molecule has 0 aliphatic heterocycles. The van der Waals surface area contributed by atoms with E-state index in [1.54, 1.807) is 7.11 Å². The first-order chi connectivity index (χ1) is 12.6. The van der Waals surface area contributed by atoms with Crippen LogP contribution in [0, 0.1) is 6.92 Å². The van der Waals surface area contributed by atoms with E-state index in [1.165, 1.54) is 11.9 Å². The van der Waals surface area contributed by atoms with Crippen molar-refractivity contribution in [3.8, 4) is 5.75 Å². The van der Waals surface area contributed by atoms with Gasteiger partial charge in [-0.05, 0) is 48.7 Å². The predicted octanol–water partition coefficient (Wildman–Crippen LogP) is 4.85. The number of benzene rings is 2. The SMILES string of the molecule is COc1ccc(CCNc2cc(Nc3ccc(C)c(Cl)c3)ncn2)cc1. The molecule has 0 atom stereocenters. The van der Waals surface area contributed by atoms with Gasteiger partial charge in [0.25, 0.3) is 0 Å². The largest absolute Gasteiger partial charge is 0.497 e. The number of hydrogen-bond acceptors (Lipinski definition) is 5. The van der Waals surface area contributed by atoms with Crippen LogP contribution in [-0.2, 0) is 6.42 Å². The Bertz CT molecular complexity index is 868. The van der Waals surface area contributed by atoms with E-state index >= 15 is 0 Å². The van der Waals surface area contributed by atoms with Crippen LogP contribution in [0.1, 0.15) is 11.1 Å². The van der Waals surface area contributed by atoms with Crippen LogP contribution in [0.2, 0.25) is 5.02 Å². The van der Waals surface area contributed by atoms with Crippen molar-refractivity contribution in [1.29, 1.82) is 0 Å². The molecule has 3 rings (SSSR count). The Morgan fingerprint density at radius 2 is 1.77 bits per heavy atom. The maximum absolute atomic E-state index is 6.16. The molecule has 0 unspecified atom stereocenters. The van der Waals surface area contributed by atoms with Gasteiger partial charge in [-0.2, -0.15) is 0 Å². The van der Waals surface area contributed by atoms with Crippen molar-refractivity contribution in [1.82, 2.24) is 9.97 Å². The first kappa shape index (κ1) is 18.0. The van der Waals surface area contributed by atoms with Crippen molar-refractivity contribution in [2.45, 2.75) is 13.3 Å². The molecule has 0 bridgehead atoms. The third-order valence-corrected chi connectivity index (χ3v) is 4.40. The van der Waals surface area contributed by atoms with Gasteiger partial charge in [-0.3, -0.25) is 0 Å². The van der Waals surface area contributed by atoms with Crippen LogP contribution < -0.4 is 15.4 Å². The molecule has 1 aromatic heterocycles. The predicted molar refractivity (Wildman–Crippen MR) is 107 cm³/mol. The van der Waals surface area contributed by atoms with Gasteiger partial charge in [0, 0.05) is 23.3 Å². The summed E-state index contributed by atoms with van der Waals surface area (Å²) < 4.78 is 5.17. The maximum atomic E-state index is 6.16. The fourth-order valence-corrected chi connectivity index (χ4v) is 2.65. The first-order valence-electron chi connectivity index (χ1n) is 8.36. The molecule has 0 radical (unpaired) electrons. The van der Waals surface area contributed by atoms with E-state index in [4.69, 9.17) is 16.3 Å². The Morgan fingerprint density at radius 1 is 1.00 bits per heavy atom. The summed E-state index contributed by atoms with van der Waals surface area (Å²) in [5, 5.41) is 7.29. The van der Waals surface area contributed by atoms with Crippen molar-refractivity contribution in [3.63, 3.8) is 0 Å². The molecule has 1 heterocycles. The molecule has 6 heteroatoms. The van der Waals surface area contributed by atoms with Crippen LogP contribution in [0.3, 0.4) is 0 Å². The van der Waals surface area contributed by atoms with E-state index in [-0.39, 0.29) is 0 Å². The zero-order valence-corrected chi connectivity index (χ0v) is 15.5. The van der Waals surface area contributed by atoms with Gasteiger partial charge >= 0.3 is 0 Å². The Kier molecular flexibility index (Phi) is 5.92. The Morgan fingerprint density at radius 3 is 2.50 bits per heavy atom. The Balaban J connectivity index is 1.57. The standard InChI is InChI=1S/C20H21ClN4O/c1-14-3-6-16(11-18(14)21)25-20-12-19(23-13-24-20)22-10-9-15-4-7-17(26-2)8-5-15/h3-8,11-13H,9-10H2,1-2H3,(H2,22,23,24,25). The number of rotatable bonds is 7. The number of hydrogen-bond donors (Lipinski definition) is 2. The zero-order chi connectivity index (χ0) is 18.4. The average Bonchev–Trinajstić information content (AvgIpc) is 2.66. The zero-order valence-electron chi connectivity index (χ0n) is 14.8. The molecule has 0 aliphatic carbocycles. The fraction of sp³-hybridized carbons (Fsp3) is 0.200. The molecular formula is C20H21ClN4O. The third kappa shape index (κ3) is 4.86. The minimum atomic E-state index is 0.715. The highest BCUT2D eigenvalue weighted by Crippen LogP contribution is 2.23. The number of aromatic nitrogens is 2. The van der Waals surface area contributed by atoms with E-state index < -0.39 is 0 Å². The van der Waals surface area contributed by atoms with Crippen molar-refractivity contribution in [2.75, 3.05) is 24.3 Å². The normalized spacial score (nSPS) is 10.4. The molecule has 5 nitrogen and oxygen atoms in total. The quantitative estimate of drug-likeness (QED) is 0.624. The van der Waals surface area contributed by atoms with Gasteiger partial charge in [0.2, 0.25) is 0 Å². The van der Waals surface area contributed by atoms with Crippen LogP contribution in [0.5, 0.6) is 5.75 Å². The summed E-state index contributed by atoms with van der Waals surface area (Å²) in [4.78, 5) is 8.52. The van der Waals surface area contributed by atoms with E-state index in [0.29, 0.717) is 5.82 Å². The highest BCUT2D eigenvalue weighted by Gasteiger charge is 2.02. The summed E-state index contributed by atoms with van der Waals surface area (Å²) in [6.45, 7) is 2.75. The van der Waals surface area contributed by atoms with E-state index in [0.717, 1.165) is 40.8 Å². The molecule has 0 spiro atoms. The molecule has 3 aromatic rings. The summed E-state index contributed by atoms with van der Waals surface area (Å²) in [6, 6.07) is 15.8. The number of aryl methyl sites for hydroxylation is 1. The second kappa shape index (κ2) is 8.54. The summed E-state index contributed by atoms with van der Waals surface area (Å²) in [6.07, 6.45) is 2.43. The summed E-state index contributed by atoms with van der Waals surface area (Å²) in [5.41, 5.74) is 3.17. The molecule has 2 N–H and O–H groups in total. The van der Waals surface area contributed by atoms with E-state index in [1.807, 2.05) is 43.3 Å². The summed E-state index contributed by atoms with van der Waals surface area (Å²) in [7, 11) is 1.67. The van der Waals surface area contributed by atoms with Crippen LogP contribution in [0.4, 0.5) is 17.3 Å². The topological polar surface area (TPSA) is 59.1 Å². The molecule has 0 saturated heterocycles. The van der Waals surface area contributed by atoms with Crippen molar-refractivity contribution >= 4 is 28.9 Å². The number of ether oxygens (including phenoxy) is 1. The van der Waals surface area contributed by atoms with Crippen LogP contribution in [-0.4, -0.2) is 23.6 Å². The molecule has 0 amide bonds. The maximum Gasteiger partial charge on any atom is 0.135 e. The molecular weight excluding hydrogens is 348 g/mol. The minimum absolute atomic E-state index is 0.715. The highest BCUT2D eigenvalue weighted by atomic mass is 35.5. The molecule has 134 valence electrons. The van der Waals surface area contributed by atoms with Crippen LogP contribution in [0.25, 0.3) is 0 Å². The second-order valence-corrected chi connectivity index (χ2v) is 6.31. The van der Waals surface area contributed by atoms with Gasteiger partial charge in [0.05, 0.1) is 7.11 Å². The number of methoxy groups -OCH3 is 1. The van der Waals surface area contributed by atoms with Crippen molar-refractivity contribution < 1.29 is 4.74 Å². The fourth-order valence-electron chi connectivity index (χ4n) is 2.47. The van der Waals surface area contributed by atoms with Gasteiger partial charge < -0.3 is 15.4 Å². The van der Waals surface area contributed by atoms with Crippen molar-refractivity contribution in [2.24, 2.45) is 0 Å². The lowest BCUT2D eigenvalue weighted by atomic mass is 10.1. The third-order valence-electron chi connectivity index (χ3n) is 3.99. The van der Waals surface area contributed by atoms with Gasteiger partial charge in [-0.15, -0.1) is 0 Å². The second-order valence-electron chi connectivity index (χ2n) is 5.90. The Hall–Kier alpha value is -2.79. The molecule has 0 aliphatic rings. The van der Waals surface area contributed by atoms with Gasteiger partial charge in [0.1, 0.15) is 23.7 Å². The molecule has 26 heavy (non-hydrogen) atoms. The van der Waals surface area contributed by atoms with E-state index in [9.17, 15) is 0 Å². The van der Waals surface area contributed by atoms with Gasteiger partial charge in [-0.25, -0.2) is 9.97 Å². The summed E-state index contributed by atoms with van der Waals surface area (Å²) >= 11 is 6.16. The number of nitrogens with one attached hydrogen (secondary N) is 2. The van der Waals surface area contributed by atoms with Crippen LogP contribution in [0.15, 0.2) is 54.9 Å². The molecule has 2 aromatic carbocycles. The van der Waals surface area contributed by atoms with Crippen LogP contribution >= 0.6 is 11.6 Å². The minimum Gasteiger partial charge on any atom is -0.497 e. The lowest BCUT2D eigenvalue weighted by molar-refractivity contribution is 0.414. The number of anilines is 3. The highest BCUT2D eigenvalue weighted by molar-refractivity contribution is 6.31. The monoisotopic (exact) mass is 368 g/mol. The molecule has 0 saturated carbocycles. The lowest BCUT2D eigenvalue weighted by Gasteiger charge is -2.10.